The number of amides is 2. The van der Waals surface area contributed by atoms with Crippen molar-refractivity contribution in [2.75, 3.05) is 5.32 Å². The van der Waals surface area contributed by atoms with Crippen molar-refractivity contribution in [2.45, 2.75) is 19.1 Å². The zero-order chi connectivity index (χ0) is 11.4. The van der Waals surface area contributed by atoms with Gasteiger partial charge in [-0.25, -0.2) is 4.79 Å². The summed E-state index contributed by atoms with van der Waals surface area (Å²) < 4.78 is 0. The molecule has 82 valence electrons. The summed E-state index contributed by atoms with van der Waals surface area (Å²) in [5, 5.41) is 12.1. The number of primary amides is 1. The number of urea groups is 1. The van der Waals surface area contributed by atoms with E-state index in [1.165, 1.54) is 0 Å². The SMILES string of the molecule is CC(N)C(O)c1cccc(NC(N)=O)c1. The number of carbonyl (C=O) groups is 1. The Hall–Kier alpha value is -1.59. The first-order valence-electron chi connectivity index (χ1n) is 4.61. The van der Waals surface area contributed by atoms with Gasteiger partial charge in [0.2, 0.25) is 0 Å². The molecule has 5 nitrogen and oxygen atoms in total. The smallest absolute Gasteiger partial charge is 0.316 e. The van der Waals surface area contributed by atoms with E-state index in [1.807, 2.05) is 0 Å². The third-order valence-corrected chi connectivity index (χ3v) is 1.99. The third-order valence-electron chi connectivity index (χ3n) is 1.99. The van der Waals surface area contributed by atoms with Crippen LogP contribution in [0.3, 0.4) is 0 Å². The Morgan fingerprint density at radius 1 is 1.53 bits per heavy atom. The van der Waals surface area contributed by atoms with Crippen molar-refractivity contribution in [2.24, 2.45) is 11.5 Å². The summed E-state index contributed by atoms with van der Waals surface area (Å²) in [7, 11) is 0. The lowest BCUT2D eigenvalue weighted by Gasteiger charge is -2.15. The van der Waals surface area contributed by atoms with Crippen LogP contribution in [-0.4, -0.2) is 17.2 Å². The Balaban J connectivity index is 2.87. The molecule has 0 spiro atoms. The summed E-state index contributed by atoms with van der Waals surface area (Å²) in [4.78, 5) is 10.6. The minimum absolute atomic E-state index is 0.367. The van der Waals surface area contributed by atoms with Gasteiger partial charge < -0.3 is 21.9 Å². The van der Waals surface area contributed by atoms with Gasteiger partial charge in [-0.1, -0.05) is 12.1 Å². The summed E-state index contributed by atoms with van der Waals surface area (Å²) in [6.45, 7) is 1.71. The average Bonchev–Trinajstić information content (AvgIpc) is 2.16. The Labute approximate surface area is 88.1 Å². The van der Waals surface area contributed by atoms with E-state index in [2.05, 4.69) is 5.32 Å². The number of nitrogens with two attached hydrogens (primary N) is 2. The minimum Gasteiger partial charge on any atom is -0.387 e. The van der Waals surface area contributed by atoms with Crippen LogP contribution in [-0.2, 0) is 0 Å². The summed E-state index contributed by atoms with van der Waals surface area (Å²) in [6.07, 6.45) is -0.750. The maximum atomic E-state index is 10.6. The molecule has 0 radical (unpaired) electrons. The van der Waals surface area contributed by atoms with Gasteiger partial charge in [0.25, 0.3) is 0 Å². The lowest BCUT2D eigenvalue weighted by atomic mass is 10.0. The molecule has 0 bridgehead atoms. The molecule has 1 aromatic rings. The van der Waals surface area contributed by atoms with Crippen LogP contribution in [0.15, 0.2) is 24.3 Å². The highest BCUT2D eigenvalue weighted by molar-refractivity contribution is 5.87. The molecule has 6 N–H and O–H groups in total. The molecule has 0 aliphatic rings. The third kappa shape index (κ3) is 3.23. The van der Waals surface area contributed by atoms with Crippen LogP contribution in [0, 0.1) is 0 Å². The lowest BCUT2D eigenvalue weighted by molar-refractivity contribution is 0.153. The van der Waals surface area contributed by atoms with Crippen molar-refractivity contribution in [3.05, 3.63) is 29.8 Å². The summed E-state index contributed by atoms with van der Waals surface area (Å²) in [6, 6.07) is 5.77. The molecular weight excluding hydrogens is 194 g/mol. The maximum absolute atomic E-state index is 10.6. The fraction of sp³-hybridized carbons (Fsp3) is 0.300. The van der Waals surface area contributed by atoms with Crippen LogP contribution in [0.5, 0.6) is 0 Å². The number of aliphatic hydroxyl groups is 1. The first kappa shape index (κ1) is 11.5. The zero-order valence-corrected chi connectivity index (χ0v) is 8.47. The second-order valence-electron chi connectivity index (χ2n) is 3.42. The van der Waals surface area contributed by atoms with Gasteiger partial charge in [0.1, 0.15) is 0 Å². The number of aliphatic hydroxyl groups excluding tert-OH is 1. The molecule has 0 aliphatic heterocycles. The number of rotatable bonds is 3. The number of benzene rings is 1. The number of carbonyl (C=O) groups excluding carboxylic acids is 1. The molecule has 0 fully saturated rings. The van der Waals surface area contributed by atoms with E-state index in [9.17, 15) is 9.90 Å². The van der Waals surface area contributed by atoms with E-state index in [0.717, 1.165) is 0 Å². The lowest BCUT2D eigenvalue weighted by Crippen LogP contribution is -2.24. The summed E-state index contributed by atoms with van der Waals surface area (Å²) >= 11 is 0. The van der Waals surface area contributed by atoms with Crippen molar-refractivity contribution >= 4 is 11.7 Å². The van der Waals surface area contributed by atoms with Gasteiger partial charge in [-0.2, -0.15) is 0 Å². The highest BCUT2D eigenvalue weighted by atomic mass is 16.3. The second kappa shape index (κ2) is 4.77. The Bertz CT molecular complexity index is 352. The van der Waals surface area contributed by atoms with E-state index in [-0.39, 0.29) is 6.04 Å². The minimum atomic E-state index is -0.750. The van der Waals surface area contributed by atoms with Crippen LogP contribution in [0.1, 0.15) is 18.6 Å². The quantitative estimate of drug-likeness (QED) is 0.585. The molecule has 0 heterocycles. The first-order valence-corrected chi connectivity index (χ1v) is 4.61. The number of hydrogen-bond donors (Lipinski definition) is 4. The van der Waals surface area contributed by atoms with Gasteiger partial charge in [-0.05, 0) is 24.6 Å². The van der Waals surface area contributed by atoms with E-state index >= 15 is 0 Å². The Morgan fingerprint density at radius 3 is 2.73 bits per heavy atom. The predicted octanol–water partition coefficient (Wildman–Crippen LogP) is 0.558. The van der Waals surface area contributed by atoms with Crippen LogP contribution < -0.4 is 16.8 Å². The summed E-state index contributed by atoms with van der Waals surface area (Å²) in [5.74, 6) is 0. The van der Waals surface area contributed by atoms with Gasteiger partial charge in [0.15, 0.2) is 0 Å². The largest absolute Gasteiger partial charge is 0.387 e. The molecule has 0 aromatic heterocycles. The second-order valence-corrected chi connectivity index (χ2v) is 3.42. The molecule has 2 unspecified atom stereocenters. The molecular formula is C10H15N3O2. The van der Waals surface area contributed by atoms with Crippen LogP contribution in [0.25, 0.3) is 0 Å². The monoisotopic (exact) mass is 209 g/mol. The van der Waals surface area contributed by atoms with Gasteiger partial charge in [0, 0.05) is 11.7 Å². The molecule has 1 rings (SSSR count). The van der Waals surface area contributed by atoms with Crippen LogP contribution >= 0.6 is 0 Å². The van der Waals surface area contributed by atoms with Crippen molar-refractivity contribution in [3.8, 4) is 0 Å². The van der Waals surface area contributed by atoms with Crippen LogP contribution in [0.2, 0.25) is 0 Å². The molecule has 5 heteroatoms. The van der Waals surface area contributed by atoms with E-state index in [0.29, 0.717) is 11.3 Å². The molecule has 2 amide bonds. The van der Waals surface area contributed by atoms with Gasteiger partial charge in [-0.15, -0.1) is 0 Å². The number of nitrogens with one attached hydrogen (secondary N) is 1. The predicted molar refractivity (Wildman–Crippen MR) is 58.3 cm³/mol. The van der Waals surface area contributed by atoms with E-state index < -0.39 is 12.1 Å². The average molecular weight is 209 g/mol. The fourth-order valence-corrected chi connectivity index (χ4v) is 1.25. The Kier molecular flexibility index (Phi) is 3.65. The van der Waals surface area contributed by atoms with Crippen LogP contribution in [0.4, 0.5) is 10.5 Å². The van der Waals surface area contributed by atoms with Crippen molar-refractivity contribution < 1.29 is 9.90 Å². The summed E-state index contributed by atoms with van der Waals surface area (Å²) in [5.41, 5.74) is 11.7. The molecule has 0 aliphatic carbocycles. The molecule has 15 heavy (non-hydrogen) atoms. The van der Waals surface area contributed by atoms with Crippen molar-refractivity contribution in [3.63, 3.8) is 0 Å². The molecule has 1 aromatic carbocycles. The number of anilines is 1. The highest BCUT2D eigenvalue weighted by Gasteiger charge is 2.12. The van der Waals surface area contributed by atoms with E-state index in [1.54, 1.807) is 31.2 Å². The van der Waals surface area contributed by atoms with E-state index in [4.69, 9.17) is 11.5 Å². The normalized spacial score (nSPS) is 14.3. The van der Waals surface area contributed by atoms with Crippen molar-refractivity contribution in [1.29, 1.82) is 0 Å². The fourth-order valence-electron chi connectivity index (χ4n) is 1.25. The molecule has 2 atom stereocenters. The van der Waals surface area contributed by atoms with Gasteiger partial charge in [0.05, 0.1) is 6.10 Å². The number of hydrogen-bond acceptors (Lipinski definition) is 3. The standard InChI is InChI=1S/C10H15N3O2/c1-6(11)9(14)7-3-2-4-8(5-7)13-10(12)15/h2-6,9,14H,11H2,1H3,(H3,12,13,15). The Morgan fingerprint density at radius 2 is 2.20 bits per heavy atom. The van der Waals surface area contributed by atoms with Gasteiger partial charge >= 0.3 is 6.03 Å². The first-order chi connectivity index (χ1) is 7.00. The maximum Gasteiger partial charge on any atom is 0.316 e. The van der Waals surface area contributed by atoms with Crippen molar-refractivity contribution in [1.82, 2.24) is 0 Å². The zero-order valence-electron chi connectivity index (χ0n) is 8.47. The highest BCUT2D eigenvalue weighted by Crippen LogP contribution is 2.19. The topological polar surface area (TPSA) is 101 Å². The van der Waals surface area contributed by atoms with Gasteiger partial charge in [-0.3, -0.25) is 0 Å². The molecule has 0 saturated heterocycles. The molecule has 0 saturated carbocycles.